The zero-order valence-electron chi connectivity index (χ0n) is 16.1. The van der Waals surface area contributed by atoms with E-state index in [-0.39, 0.29) is 75.4 Å². The monoisotopic (exact) mass is 444 g/mol. The molecule has 2 aromatic carbocycles. The molecule has 29 heavy (non-hydrogen) atoms. The molecule has 0 bridgehead atoms. The van der Waals surface area contributed by atoms with E-state index in [0.717, 1.165) is 5.56 Å². The number of esters is 1. The van der Waals surface area contributed by atoms with Crippen LogP contribution in [0.4, 0.5) is 4.39 Å². The summed E-state index contributed by atoms with van der Waals surface area (Å²) in [4.78, 5) is 16.8. The zero-order chi connectivity index (χ0) is 20.4. The maximum Gasteiger partial charge on any atom is 1.00 e. The van der Waals surface area contributed by atoms with Crippen molar-refractivity contribution in [3.63, 3.8) is 0 Å². The molecule has 0 radical (unpaired) electrons. The minimum atomic E-state index is -0.413. The molecule has 0 saturated carbocycles. The number of hydrogen-bond acceptors (Lipinski definition) is 5. The number of carbonyl (C=O) groups excluding carboxylic acids is 1. The summed E-state index contributed by atoms with van der Waals surface area (Å²) in [6.07, 6.45) is 2.70. The van der Waals surface area contributed by atoms with Crippen LogP contribution >= 0.6 is 11.6 Å². The van der Waals surface area contributed by atoms with E-state index in [4.69, 9.17) is 26.9 Å². The van der Waals surface area contributed by atoms with E-state index in [1.165, 1.54) is 43.7 Å². The van der Waals surface area contributed by atoms with Crippen molar-refractivity contribution in [1.82, 2.24) is 0 Å². The first-order valence-corrected chi connectivity index (χ1v) is 8.56. The quantitative estimate of drug-likeness (QED) is 0.274. The molecule has 2 N–H and O–H groups in total. The molecule has 2 rings (SSSR count). The van der Waals surface area contributed by atoms with Gasteiger partial charge in [0.15, 0.2) is 0 Å². The van der Waals surface area contributed by atoms with Crippen LogP contribution in [0.15, 0.2) is 71.5 Å². The maximum atomic E-state index is 13.0. The number of halogens is 2. The Morgan fingerprint density at radius 2 is 1.83 bits per heavy atom. The van der Waals surface area contributed by atoms with Gasteiger partial charge in [-0.25, -0.2) is 9.18 Å². The van der Waals surface area contributed by atoms with Gasteiger partial charge in [0, 0.05) is 6.20 Å². The van der Waals surface area contributed by atoms with Gasteiger partial charge < -0.3 is 25.5 Å². The Hall–Kier alpha value is -1.39. The molecule has 0 aliphatic heterocycles. The minimum absolute atomic E-state index is 0. The smallest absolute Gasteiger partial charge is 0.562 e. The Morgan fingerprint density at radius 3 is 2.41 bits per heavy atom. The number of ether oxygens (including phenoxy) is 2. The Bertz CT molecular complexity index is 843. The Kier molecular flexibility index (Phi) is 12.2. The molecule has 0 aliphatic rings. The fraction of sp³-hybridized carbons (Fsp3) is 0.150. The molecule has 0 atom stereocenters. The van der Waals surface area contributed by atoms with Crippen molar-refractivity contribution in [2.75, 3.05) is 13.7 Å². The topological polar surface area (TPSA) is 84.9 Å². The van der Waals surface area contributed by atoms with Gasteiger partial charge in [0.1, 0.15) is 11.6 Å². The molecule has 9 heteroatoms. The van der Waals surface area contributed by atoms with Gasteiger partial charge in [0.25, 0.3) is 0 Å². The normalized spacial score (nSPS) is 11.4. The van der Waals surface area contributed by atoms with Crippen molar-refractivity contribution in [2.45, 2.75) is 6.61 Å². The maximum absolute atomic E-state index is 13.0. The summed E-state index contributed by atoms with van der Waals surface area (Å²) in [5.41, 5.74) is 11.0. The van der Waals surface area contributed by atoms with Gasteiger partial charge >= 0.3 is 57.4 Å². The van der Waals surface area contributed by atoms with Crippen molar-refractivity contribution in [3.8, 4) is 5.75 Å². The predicted octanol–water partition coefficient (Wildman–Crippen LogP) is 1.42. The molecule has 0 aromatic heterocycles. The first kappa shape index (κ1) is 25.6. The van der Waals surface area contributed by atoms with Gasteiger partial charge in [-0.15, -0.1) is 5.70 Å². The molecular weight excluding hydrogens is 426 g/mol. The summed E-state index contributed by atoms with van der Waals surface area (Å²) in [6, 6.07) is 12.3. The Labute approximate surface area is 216 Å². The third-order valence-electron chi connectivity index (χ3n) is 3.45. The van der Waals surface area contributed by atoms with Crippen LogP contribution in [0.3, 0.4) is 0 Å². The zero-order valence-corrected chi connectivity index (χ0v) is 20.0. The number of hydrogen-bond donors (Lipinski definition) is 1. The van der Waals surface area contributed by atoms with Crippen LogP contribution in [-0.4, -0.2) is 19.7 Å². The average Bonchev–Trinajstić information content (AvgIpc) is 2.72. The number of nitrogens with zero attached hydrogens (tertiary/aromatic N) is 1. The van der Waals surface area contributed by atoms with E-state index in [1.54, 1.807) is 24.3 Å². The molecule has 148 valence electrons. The Morgan fingerprint density at radius 1 is 1.17 bits per heavy atom. The number of rotatable bonds is 9. The summed E-state index contributed by atoms with van der Waals surface area (Å²) in [5.74, 6) is -0.305. The average molecular weight is 445 g/mol. The van der Waals surface area contributed by atoms with Gasteiger partial charge in [-0.3, -0.25) is 0 Å². The number of benzene rings is 2. The van der Waals surface area contributed by atoms with Gasteiger partial charge in [-0.1, -0.05) is 29.8 Å². The summed E-state index contributed by atoms with van der Waals surface area (Å²) in [7, 11) is 1.32. The number of carbonyl (C=O) groups is 1. The molecular formula is C20H19ClFKN2O4. The van der Waals surface area contributed by atoms with Crippen LogP contribution in [0.25, 0.3) is 5.48 Å². The van der Waals surface area contributed by atoms with Crippen LogP contribution in [0.1, 0.15) is 15.9 Å². The van der Waals surface area contributed by atoms with E-state index < -0.39 is 5.97 Å². The molecule has 0 heterocycles. The largest absolute Gasteiger partial charge is 1.00 e. The van der Waals surface area contributed by atoms with Crippen molar-refractivity contribution in [1.29, 1.82) is 0 Å². The summed E-state index contributed by atoms with van der Waals surface area (Å²) >= 11 is 5.91. The van der Waals surface area contributed by atoms with Crippen molar-refractivity contribution in [2.24, 2.45) is 5.73 Å². The van der Waals surface area contributed by atoms with E-state index >= 15 is 0 Å². The molecule has 6 nitrogen and oxygen atoms in total. The number of hydroxylamine groups is 1. The van der Waals surface area contributed by atoms with E-state index in [9.17, 15) is 9.18 Å². The molecule has 0 aliphatic carbocycles. The number of nitrogens with two attached hydrogens (primary N) is 1. The van der Waals surface area contributed by atoms with E-state index in [1.807, 2.05) is 0 Å². The second kappa shape index (κ2) is 13.8. The molecule has 0 saturated heterocycles. The molecule has 0 fully saturated rings. The summed E-state index contributed by atoms with van der Waals surface area (Å²) < 4.78 is 23.1. The number of methoxy groups -OCH3 is 1. The fourth-order valence-corrected chi connectivity index (χ4v) is 2.16. The van der Waals surface area contributed by atoms with Gasteiger partial charge in [-0.2, -0.15) is 0 Å². The van der Waals surface area contributed by atoms with Crippen molar-refractivity contribution < 1.29 is 74.9 Å². The number of allylic oxidation sites excluding steroid dienone is 2. The molecule has 0 unspecified atom stereocenters. The van der Waals surface area contributed by atoms with Crippen molar-refractivity contribution >= 4 is 17.6 Å². The van der Waals surface area contributed by atoms with Gasteiger partial charge in [0.2, 0.25) is 0 Å². The summed E-state index contributed by atoms with van der Waals surface area (Å²) in [6.45, 7) is 0.205. The SMILES string of the molecule is COC(=O)c1ccc(CO[N-]/C(=C/C(Cl)=C\N)COc2ccc(F)cc2)cc1.[K+]. The summed E-state index contributed by atoms with van der Waals surface area (Å²) in [5, 5.41) is 0.257. The van der Waals surface area contributed by atoms with Crippen LogP contribution in [0.2, 0.25) is 0 Å². The minimum Gasteiger partial charge on any atom is -0.562 e. The van der Waals surface area contributed by atoms with Crippen molar-refractivity contribution in [3.05, 3.63) is 94.0 Å². The van der Waals surface area contributed by atoms with Gasteiger partial charge in [-0.05, 0) is 42.0 Å². The Balaban J connectivity index is 0.00000420. The van der Waals surface area contributed by atoms with Crippen LogP contribution in [0.5, 0.6) is 5.75 Å². The van der Waals surface area contributed by atoms with Crippen LogP contribution in [-0.2, 0) is 16.2 Å². The third kappa shape index (κ3) is 9.31. The van der Waals surface area contributed by atoms with E-state index in [2.05, 4.69) is 10.2 Å². The standard InChI is InChI=1S/C20H19ClFN2O4.K/c1-26-20(25)15-4-2-14(3-5-15)12-28-24-18(10-16(21)11-23)13-27-19-8-6-17(22)7-9-19;/h2-11H,12-13,23H2,1H3;/q-1;+1/b16-11+,18-10+;. The van der Waals surface area contributed by atoms with Crippen LogP contribution < -0.4 is 61.9 Å². The van der Waals surface area contributed by atoms with E-state index in [0.29, 0.717) is 17.0 Å². The second-order valence-electron chi connectivity index (χ2n) is 5.48. The van der Waals surface area contributed by atoms with Crippen LogP contribution in [0, 0.1) is 5.82 Å². The molecule has 0 spiro atoms. The molecule has 0 amide bonds. The first-order chi connectivity index (χ1) is 13.5. The second-order valence-corrected chi connectivity index (χ2v) is 5.92. The third-order valence-corrected chi connectivity index (χ3v) is 3.69. The van der Waals surface area contributed by atoms with Gasteiger partial charge in [0.05, 0.1) is 30.9 Å². The molecule has 2 aromatic rings. The first-order valence-electron chi connectivity index (χ1n) is 8.18. The fourth-order valence-electron chi connectivity index (χ4n) is 2.03. The predicted molar refractivity (Wildman–Crippen MR) is 104 cm³/mol.